The maximum absolute atomic E-state index is 11.7. The number of ether oxygens (including phenoxy) is 1. The molecule has 0 bridgehead atoms. The van der Waals surface area contributed by atoms with Gasteiger partial charge in [0.05, 0.1) is 0 Å². The third kappa shape index (κ3) is 2.83. The molecule has 1 aromatic carbocycles. The van der Waals surface area contributed by atoms with E-state index in [9.17, 15) is 9.59 Å². The Bertz CT molecular complexity index is 947. The molecule has 6 nitrogen and oxygen atoms in total. The van der Waals surface area contributed by atoms with Crippen molar-refractivity contribution in [2.45, 2.75) is 20.5 Å². The van der Waals surface area contributed by atoms with Gasteiger partial charge in [-0.05, 0) is 43.7 Å². The number of rotatable bonds is 4. The van der Waals surface area contributed by atoms with Crippen molar-refractivity contribution in [3.05, 3.63) is 63.4 Å². The lowest BCUT2D eigenvalue weighted by Gasteiger charge is -2.07. The van der Waals surface area contributed by atoms with Crippen LogP contribution in [-0.4, -0.2) is 11.1 Å². The molecular formula is C17H14O6. The molecule has 0 amide bonds. The Balaban J connectivity index is 1.84. The summed E-state index contributed by atoms with van der Waals surface area (Å²) in [6.07, 6.45) is 0. The average molecular weight is 314 g/mol. The Morgan fingerprint density at radius 1 is 1.13 bits per heavy atom. The Morgan fingerprint density at radius 2 is 1.91 bits per heavy atom. The molecule has 0 fully saturated rings. The van der Waals surface area contributed by atoms with E-state index < -0.39 is 5.97 Å². The predicted molar refractivity (Wildman–Crippen MR) is 82.0 cm³/mol. The number of fused-ring (bicyclic) bond motifs is 1. The third-order valence-corrected chi connectivity index (χ3v) is 3.68. The van der Waals surface area contributed by atoms with Gasteiger partial charge in [-0.15, -0.1) is 0 Å². The van der Waals surface area contributed by atoms with Crippen molar-refractivity contribution in [2.24, 2.45) is 0 Å². The van der Waals surface area contributed by atoms with Crippen LogP contribution in [0.5, 0.6) is 5.75 Å². The van der Waals surface area contributed by atoms with Crippen molar-refractivity contribution >= 4 is 16.9 Å². The van der Waals surface area contributed by atoms with Gasteiger partial charge in [0.25, 0.3) is 0 Å². The maximum Gasteiger partial charge on any atom is 0.371 e. The van der Waals surface area contributed by atoms with Crippen LogP contribution in [0.25, 0.3) is 11.0 Å². The first-order chi connectivity index (χ1) is 11.0. The lowest BCUT2D eigenvalue weighted by Crippen LogP contribution is -2.05. The molecule has 0 aliphatic heterocycles. The second-order valence-electron chi connectivity index (χ2n) is 5.16. The van der Waals surface area contributed by atoms with Crippen molar-refractivity contribution in [1.82, 2.24) is 0 Å². The number of benzene rings is 1. The molecule has 6 heteroatoms. The minimum absolute atomic E-state index is 0.0772. The van der Waals surface area contributed by atoms with Crippen LogP contribution in [0.4, 0.5) is 0 Å². The molecular weight excluding hydrogens is 300 g/mol. The molecule has 0 spiro atoms. The highest BCUT2D eigenvalue weighted by Gasteiger charge is 2.11. The summed E-state index contributed by atoms with van der Waals surface area (Å²) in [5, 5.41) is 9.65. The number of aryl methyl sites for hydroxylation is 1. The van der Waals surface area contributed by atoms with Crippen molar-refractivity contribution in [3.63, 3.8) is 0 Å². The van der Waals surface area contributed by atoms with Crippen molar-refractivity contribution < 1.29 is 23.5 Å². The van der Waals surface area contributed by atoms with Crippen molar-refractivity contribution in [3.8, 4) is 5.75 Å². The maximum atomic E-state index is 11.7. The zero-order valence-corrected chi connectivity index (χ0v) is 12.6. The first kappa shape index (κ1) is 14.9. The van der Waals surface area contributed by atoms with Crippen LogP contribution in [0.2, 0.25) is 0 Å². The molecule has 0 atom stereocenters. The van der Waals surface area contributed by atoms with Gasteiger partial charge in [-0.2, -0.15) is 0 Å². The standard InChI is InChI=1S/C17H14O6/c1-9-10(2)17(20)23-15-7-11(3-5-13(9)15)21-8-12-4-6-14(22-12)16(18)19/h3-7H,8H2,1-2H3,(H,18,19). The second kappa shape index (κ2) is 5.64. The van der Waals surface area contributed by atoms with Gasteiger partial charge in [0.1, 0.15) is 23.7 Å². The van der Waals surface area contributed by atoms with Gasteiger partial charge in [-0.3, -0.25) is 0 Å². The highest BCUT2D eigenvalue weighted by Crippen LogP contribution is 2.24. The quantitative estimate of drug-likeness (QED) is 0.743. The number of carboxylic acids is 1. The molecule has 118 valence electrons. The molecule has 0 radical (unpaired) electrons. The minimum atomic E-state index is -1.13. The predicted octanol–water partition coefficient (Wildman–Crippen LogP) is 3.28. The van der Waals surface area contributed by atoms with Crippen LogP contribution in [-0.2, 0) is 6.61 Å². The SMILES string of the molecule is Cc1c(C)c2ccc(OCc3ccc(C(=O)O)o3)cc2oc1=O. The summed E-state index contributed by atoms with van der Waals surface area (Å²) in [6.45, 7) is 3.67. The van der Waals surface area contributed by atoms with E-state index in [2.05, 4.69) is 0 Å². The van der Waals surface area contributed by atoms with Crippen LogP contribution in [0.15, 0.2) is 44.0 Å². The molecule has 3 aromatic rings. The summed E-state index contributed by atoms with van der Waals surface area (Å²) in [5.74, 6) is -0.380. The molecule has 0 aliphatic carbocycles. The fourth-order valence-electron chi connectivity index (χ4n) is 2.24. The van der Waals surface area contributed by atoms with Crippen LogP contribution >= 0.6 is 0 Å². The number of furan rings is 1. The summed E-state index contributed by atoms with van der Waals surface area (Å²) in [6, 6.07) is 8.12. The Hall–Kier alpha value is -3.02. The fraction of sp³-hybridized carbons (Fsp3) is 0.176. The Kier molecular flexibility index (Phi) is 3.65. The summed E-state index contributed by atoms with van der Waals surface area (Å²) in [7, 11) is 0. The fourth-order valence-corrected chi connectivity index (χ4v) is 2.24. The number of hydrogen-bond acceptors (Lipinski definition) is 5. The van der Waals surface area contributed by atoms with Crippen LogP contribution in [0.3, 0.4) is 0 Å². The summed E-state index contributed by atoms with van der Waals surface area (Å²) in [4.78, 5) is 22.5. The topological polar surface area (TPSA) is 89.9 Å². The van der Waals surface area contributed by atoms with Gasteiger partial charge in [-0.1, -0.05) is 0 Å². The molecule has 2 heterocycles. The van der Waals surface area contributed by atoms with Gasteiger partial charge in [0, 0.05) is 17.0 Å². The third-order valence-electron chi connectivity index (χ3n) is 3.68. The Morgan fingerprint density at radius 3 is 2.61 bits per heavy atom. The van der Waals surface area contributed by atoms with E-state index in [1.807, 2.05) is 13.0 Å². The van der Waals surface area contributed by atoms with E-state index in [1.54, 1.807) is 19.1 Å². The zero-order chi connectivity index (χ0) is 16.6. The van der Waals surface area contributed by atoms with Crippen LogP contribution in [0, 0.1) is 13.8 Å². The largest absolute Gasteiger partial charge is 0.486 e. The average Bonchev–Trinajstić information content (AvgIpc) is 3.00. The van der Waals surface area contributed by atoms with Gasteiger partial charge >= 0.3 is 11.6 Å². The Labute approximate surface area is 130 Å². The van der Waals surface area contributed by atoms with E-state index in [1.165, 1.54) is 12.1 Å². The van der Waals surface area contributed by atoms with Crippen molar-refractivity contribution in [1.29, 1.82) is 0 Å². The van der Waals surface area contributed by atoms with Gasteiger partial charge in [-0.25, -0.2) is 9.59 Å². The molecule has 1 N–H and O–H groups in total. The van der Waals surface area contributed by atoms with E-state index in [0.717, 1.165) is 10.9 Å². The lowest BCUT2D eigenvalue weighted by atomic mass is 10.1. The van der Waals surface area contributed by atoms with Gasteiger partial charge < -0.3 is 18.7 Å². The monoisotopic (exact) mass is 314 g/mol. The van der Waals surface area contributed by atoms with E-state index in [-0.39, 0.29) is 18.0 Å². The molecule has 0 aliphatic rings. The normalized spacial score (nSPS) is 10.9. The van der Waals surface area contributed by atoms with E-state index in [0.29, 0.717) is 22.7 Å². The van der Waals surface area contributed by atoms with Crippen molar-refractivity contribution in [2.75, 3.05) is 0 Å². The van der Waals surface area contributed by atoms with Gasteiger partial charge in [0.2, 0.25) is 5.76 Å². The minimum Gasteiger partial charge on any atom is -0.486 e. The van der Waals surface area contributed by atoms with E-state index in [4.69, 9.17) is 18.7 Å². The number of carbonyl (C=O) groups is 1. The zero-order valence-electron chi connectivity index (χ0n) is 12.6. The molecule has 23 heavy (non-hydrogen) atoms. The van der Waals surface area contributed by atoms with Crippen LogP contribution in [0.1, 0.15) is 27.4 Å². The smallest absolute Gasteiger partial charge is 0.371 e. The molecule has 0 unspecified atom stereocenters. The number of aromatic carboxylic acids is 1. The lowest BCUT2D eigenvalue weighted by molar-refractivity contribution is 0.0658. The first-order valence-electron chi connectivity index (χ1n) is 6.94. The number of carboxylic acid groups (broad SMARTS) is 1. The summed E-state index contributed by atoms with van der Waals surface area (Å²) in [5.41, 5.74) is 1.54. The van der Waals surface area contributed by atoms with Crippen LogP contribution < -0.4 is 10.4 Å². The van der Waals surface area contributed by atoms with E-state index >= 15 is 0 Å². The molecule has 2 aromatic heterocycles. The molecule has 0 saturated heterocycles. The molecule has 0 saturated carbocycles. The van der Waals surface area contributed by atoms with Gasteiger partial charge in [0.15, 0.2) is 0 Å². The molecule has 3 rings (SSSR count). The highest BCUT2D eigenvalue weighted by atomic mass is 16.5. The number of hydrogen-bond donors (Lipinski definition) is 1. The highest BCUT2D eigenvalue weighted by molar-refractivity contribution is 5.84. The first-order valence-corrected chi connectivity index (χ1v) is 6.94. The second-order valence-corrected chi connectivity index (χ2v) is 5.16. The summed E-state index contributed by atoms with van der Waals surface area (Å²) < 4.78 is 15.9. The summed E-state index contributed by atoms with van der Waals surface area (Å²) >= 11 is 0.